The van der Waals surface area contributed by atoms with Gasteiger partial charge < -0.3 is 4.84 Å². The molecule has 1 unspecified atom stereocenters. The SMILES string of the molecule is CCCC(C#N)C/C(C)=N/OCc1ccccc1. The van der Waals surface area contributed by atoms with Crippen LogP contribution in [0.2, 0.25) is 0 Å². The molecule has 0 heterocycles. The minimum Gasteiger partial charge on any atom is -0.391 e. The second-order valence-corrected chi connectivity index (χ2v) is 4.40. The standard InChI is InChI=1S/C15H20N2O/c1-3-7-15(11-16)10-13(2)17-18-12-14-8-5-4-6-9-14/h4-6,8-9,15H,3,7,10,12H2,1-2H3/b17-13+. The molecule has 96 valence electrons. The van der Waals surface area contributed by atoms with Gasteiger partial charge in [0.05, 0.1) is 17.7 Å². The highest BCUT2D eigenvalue weighted by Gasteiger charge is 2.07. The maximum absolute atomic E-state index is 8.96. The van der Waals surface area contributed by atoms with Crippen molar-refractivity contribution in [3.63, 3.8) is 0 Å². The van der Waals surface area contributed by atoms with Gasteiger partial charge >= 0.3 is 0 Å². The molecule has 0 saturated carbocycles. The summed E-state index contributed by atoms with van der Waals surface area (Å²) in [6, 6.07) is 12.2. The number of hydrogen-bond acceptors (Lipinski definition) is 3. The average molecular weight is 244 g/mol. The fraction of sp³-hybridized carbons (Fsp3) is 0.467. The Labute approximate surface area is 109 Å². The fourth-order valence-corrected chi connectivity index (χ4v) is 1.75. The van der Waals surface area contributed by atoms with Gasteiger partial charge in [0.15, 0.2) is 0 Å². The average Bonchev–Trinajstić information content (AvgIpc) is 2.39. The lowest BCUT2D eigenvalue weighted by Gasteiger charge is -2.06. The summed E-state index contributed by atoms with van der Waals surface area (Å²) < 4.78 is 0. The monoisotopic (exact) mass is 244 g/mol. The molecule has 0 N–H and O–H groups in total. The molecule has 0 saturated heterocycles. The van der Waals surface area contributed by atoms with Crippen LogP contribution in [0.1, 0.15) is 38.7 Å². The van der Waals surface area contributed by atoms with Crippen molar-refractivity contribution in [1.29, 1.82) is 5.26 Å². The van der Waals surface area contributed by atoms with Crippen LogP contribution in [0.4, 0.5) is 0 Å². The molecule has 0 spiro atoms. The van der Waals surface area contributed by atoms with Crippen LogP contribution in [-0.4, -0.2) is 5.71 Å². The van der Waals surface area contributed by atoms with E-state index < -0.39 is 0 Å². The van der Waals surface area contributed by atoms with Gasteiger partial charge in [-0.05, 0) is 18.9 Å². The molecule has 0 radical (unpaired) electrons. The maximum Gasteiger partial charge on any atom is 0.142 e. The molecule has 0 aliphatic carbocycles. The first-order valence-corrected chi connectivity index (χ1v) is 6.35. The summed E-state index contributed by atoms with van der Waals surface area (Å²) in [5, 5.41) is 13.0. The first-order valence-electron chi connectivity index (χ1n) is 6.35. The van der Waals surface area contributed by atoms with E-state index in [9.17, 15) is 0 Å². The summed E-state index contributed by atoms with van der Waals surface area (Å²) in [7, 11) is 0. The number of nitriles is 1. The largest absolute Gasteiger partial charge is 0.391 e. The smallest absolute Gasteiger partial charge is 0.142 e. The van der Waals surface area contributed by atoms with E-state index in [0.717, 1.165) is 24.1 Å². The van der Waals surface area contributed by atoms with E-state index in [2.05, 4.69) is 18.1 Å². The van der Waals surface area contributed by atoms with Gasteiger partial charge in [-0.2, -0.15) is 5.26 Å². The molecular weight excluding hydrogens is 224 g/mol. The predicted octanol–water partition coefficient (Wildman–Crippen LogP) is 3.91. The van der Waals surface area contributed by atoms with E-state index in [0.29, 0.717) is 13.0 Å². The highest BCUT2D eigenvalue weighted by atomic mass is 16.6. The Balaban J connectivity index is 2.36. The molecule has 0 bridgehead atoms. The number of nitrogens with zero attached hydrogens (tertiary/aromatic N) is 2. The van der Waals surface area contributed by atoms with E-state index >= 15 is 0 Å². The van der Waals surface area contributed by atoms with Crippen LogP contribution in [0.25, 0.3) is 0 Å². The van der Waals surface area contributed by atoms with E-state index in [4.69, 9.17) is 10.1 Å². The molecular formula is C15H20N2O. The van der Waals surface area contributed by atoms with Crippen molar-refractivity contribution < 1.29 is 4.84 Å². The summed E-state index contributed by atoms with van der Waals surface area (Å²) in [5.41, 5.74) is 1.98. The highest BCUT2D eigenvalue weighted by molar-refractivity contribution is 5.81. The molecule has 1 rings (SSSR count). The second kappa shape index (κ2) is 8.30. The van der Waals surface area contributed by atoms with Crippen LogP contribution in [0.5, 0.6) is 0 Å². The van der Waals surface area contributed by atoms with Crippen LogP contribution in [0.3, 0.4) is 0 Å². The maximum atomic E-state index is 8.96. The lowest BCUT2D eigenvalue weighted by atomic mass is 9.99. The van der Waals surface area contributed by atoms with Crippen LogP contribution >= 0.6 is 0 Å². The van der Waals surface area contributed by atoms with Gasteiger partial charge in [-0.1, -0.05) is 48.8 Å². The zero-order chi connectivity index (χ0) is 13.2. The Hall–Kier alpha value is -1.82. The summed E-state index contributed by atoms with van der Waals surface area (Å²) >= 11 is 0. The summed E-state index contributed by atoms with van der Waals surface area (Å²) in [5.74, 6) is 0.0547. The minimum atomic E-state index is 0.0547. The van der Waals surface area contributed by atoms with Crippen molar-refractivity contribution in [2.45, 2.75) is 39.7 Å². The molecule has 3 nitrogen and oxygen atoms in total. The van der Waals surface area contributed by atoms with Gasteiger partial charge in [-0.15, -0.1) is 0 Å². The number of oxime groups is 1. The number of rotatable bonds is 7. The van der Waals surface area contributed by atoms with Crippen molar-refractivity contribution >= 4 is 5.71 Å². The zero-order valence-electron chi connectivity index (χ0n) is 11.1. The molecule has 1 aromatic rings. The summed E-state index contributed by atoms with van der Waals surface area (Å²) in [6.45, 7) is 4.47. The molecule has 18 heavy (non-hydrogen) atoms. The fourth-order valence-electron chi connectivity index (χ4n) is 1.75. The lowest BCUT2D eigenvalue weighted by Crippen LogP contribution is -2.04. The first kappa shape index (κ1) is 14.2. The molecule has 0 fully saturated rings. The van der Waals surface area contributed by atoms with E-state index in [1.807, 2.05) is 37.3 Å². The van der Waals surface area contributed by atoms with Crippen LogP contribution in [0.15, 0.2) is 35.5 Å². The lowest BCUT2D eigenvalue weighted by molar-refractivity contribution is 0.129. The minimum absolute atomic E-state index is 0.0547. The third kappa shape index (κ3) is 5.49. The molecule has 0 amide bonds. The zero-order valence-corrected chi connectivity index (χ0v) is 11.1. The van der Waals surface area contributed by atoms with Gasteiger partial charge in [-0.3, -0.25) is 0 Å². The first-order chi connectivity index (χ1) is 8.76. The van der Waals surface area contributed by atoms with Crippen molar-refractivity contribution in [2.24, 2.45) is 11.1 Å². The molecule has 1 atom stereocenters. The molecule has 1 aromatic carbocycles. The predicted molar refractivity (Wildman–Crippen MR) is 73.0 cm³/mol. The van der Waals surface area contributed by atoms with Crippen molar-refractivity contribution in [2.75, 3.05) is 0 Å². The normalized spacial score (nSPS) is 12.8. The van der Waals surface area contributed by atoms with Gasteiger partial charge in [0.2, 0.25) is 0 Å². The summed E-state index contributed by atoms with van der Waals surface area (Å²) in [4.78, 5) is 5.28. The Bertz CT molecular complexity index is 406. The Morgan fingerprint density at radius 2 is 2.11 bits per heavy atom. The van der Waals surface area contributed by atoms with Gasteiger partial charge in [0.25, 0.3) is 0 Å². The topological polar surface area (TPSA) is 45.4 Å². The molecule has 0 aromatic heterocycles. The third-order valence-corrected chi connectivity index (χ3v) is 2.66. The molecule has 3 heteroatoms. The number of hydrogen-bond donors (Lipinski definition) is 0. The van der Waals surface area contributed by atoms with Gasteiger partial charge in [0, 0.05) is 6.42 Å². The van der Waals surface area contributed by atoms with Crippen molar-refractivity contribution in [3.8, 4) is 6.07 Å². The Morgan fingerprint density at radius 3 is 2.72 bits per heavy atom. The van der Waals surface area contributed by atoms with Gasteiger partial charge in [-0.25, -0.2) is 0 Å². The Kier molecular flexibility index (Phi) is 6.56. The van der Waals surface area contributed by atoms with Gasteiger partial charge in [0.1, 0.15) is 6.61 Å². The molecule has 0 aliphatic heterocycles. The van der Waals surface area contributed by atoms with Crippen molar-refractivity contribution in [3.05, 3.63) is 35.9 Å². The summed E-state index contributed by atoms with van der Waals surface area (Å²) in [6.07, 6.45) is 2.64. The van der Waals surface area contributed by atoms with Crippen LogP contribution in [0, 0.1) is 17.2 Å². The van der Waals surface area contributed by atoms with E-state index in [-0.39, 0.29) is 5.92 Å². The second-order valence-electron chi connectivity index (χ2n) is 4.40. The molecule has 0 aliphatic rings. The van der Waals surface area contributed by atoms with E-state index in [1.54, 1.807) is 0 Å². The number of benzene rings is 1. The van der Waals surface area contributed by atoms with Crippen LogP contribution in [-0.2, 0) is 11.4 Å². The Morgan fingerprint density at radius 1 is 1.39 bits per heavy atom. The van der Waals surface area contributed by atoms with Crippen molar-refractivity contribution in [1.82, 2.24) is 0 Å². The highest BCUT2D eigenvalue weighted by Crippen LogP contribution is 2.11. The van der Waals surface area contributed by atoms with E-state index in [1.165, 1.54) is 0 Å². The quantitative estimate of drug-likeness (QED) is 0.539. The third-order valence-electron chi connectivity index (χ3n) is 2.66. The van der Waals surface area contributed by atoms with Crippen LogP contribution < -0.4 is 0 Å².